The van der Waals surface area contributed by atoms with E-state index in [-0.39, 0.29) is 40.8 Å². The van der Waals surface area contributed by atoms with Crippen LogP contribution >= 0.6 is 23.2 Å². The lowest BCUT2D eigenvalue weighted by molar-refractivity contribution is -0.143. The van der Waals surface area contributed by atoms with Crippen LogP contribution in [0.3, 0.4) is 0 Å². The van der Waals surface area contributed by atoms with E-state index in [1.807, 2.05) is 18.2 Å². The van der Waals surface area contributed by atoms with E-state index in [1.165, 1.54) is 21.3 Å². The summed E-state index contributed by atoms with van der Waals surface area (Å²) in [5, 5.41) is 10.2. The zero-order chi connectivity index (χ0) is 27.1. The topological polar surface area (TPSA) is 111 Å². The van der Waals surface area contributed by atoms with Gasteiger partial charge in [0.2, 0.25) is 0 Å². The summed E-state index contributed by atoms with van der Waals surface area (Å²) in [5.41, 5.74) is 2.44. The Morgan fingerprint density at radius 3 is 2.11 bits per heavy atom. The van der Waals surface area contributed by atoms with Crippen LogP contribution in [0, 0.1) is 5.92 Å². The number of esters is 3. The highest BCUT2D eigenvalue weighted by molar-refractivity contribution is 6.36. The largest absolute Gasteiger partial charge is 0.469 e. The predicted molar refractivity (Wildman–Crippen MR) is 139 cm³/mol. The zero-order valence-corrected chi connectivity index (χ0v) is 22.1. The fourth-order valence-corrected chi connectivity index (χ4v) is 5.12. The SMILES string of the molecule is COC(=O)CC1=NC(CCc2ccccc2CO)=C(C(=O)OC)C(c2c(Cl)cccc2Cl)C1C(=O)OC. The Balaban J connectivity index is 2.28. The van der Waals surface area contributed by atoms with Crippen molar-refractivity contribution in [3.63, 3.8) is 0 Å². The molecule has 0 amide bonds. The monoisotopic (exact) mass is 547 g/mol. The molecule has 1 aliphatic rings. The highest BCUT2D eigenvalue weighted by Crippen LogP contribution is 2.46. The Kier molecular flexibility index (Phi) is 9.86. The molecule has 0 fully saturated rings. The van der Waals surface area contributed by atoms with Crippen molar-refractivity contribution in [3.8, 4) is 0 Å². The number of allylic oxidation sites excluding steroid dienone is 1. The van der Waals surface area contributed by atoms with E-state index in [1.54, 1.807) is 24.3 Å². The van der Waals surface area contributed by atoms with E-state index in [0.717, 1.165) is 11.1 Å². The van der Waals surface area contributed by atoms with Gasteiger partial charge in [-0.15, -0.1) is 0 Å². The standard InChI is InChI=1S/C27H27Cl2NO7/c1-35-21(32)13-20-24(27(34)37-3)25(22-17(28)9-6-10-18(22)29)23(26(33)36-2)19(30-20)12-11-15-7-4-5-8-16(15)14-31/h4-10,24-25,31H,11-14H2,1-3H3. The number of methoxy groups -OCH3 is 3. The first-order valence-electron chi connectivity index (χ1n) is 11.4. The molecule has 1 N–H and O–H groups in total. The van der Waals surface area contributed by atoms with Crippen molar-refractivity contribution in [1.82, 2.24) is 0 Å². The number of nitrogens with zero attached hydrogens (tertiary/aromatic N) is 1. The molecule has 37 heavy (non-hydrogen) atoms. The van der Waals surface area contributed by atoms with Crippen molar-refractivity contribution in [2.75, 3.05) is 21.3 Å². The van der Waals surface area contributed by atoms with Gasteiger partial charge in [0, 0.05) is 21.7 Å². The molecule has 1 aliphatic heterocycles. The summed E-state index contributed by atoms with van der Waals surface area (Å²) in [6.07, 6.45) is 0.325. The molecule has 0 aliphatic carbocycles. The molecular formula is C27H27Cl2NO7. The van der Waals surface area contributed by atoms with Gasteiger partial charge in [-0.2, -0.15) is 0 Å². The van der Waals surface area contributed by atoms with Gasteiger partial charge in [-0.25, -0.2) is 4.79 Å². The molecule has 0 saturated carbocycles. The van der Waals surface area contributed by atoms with E-state index >= 15 is 0 Å². The van der Waals surface area contributed by atoms with Crippen LogP contribution in [0.25, 0.3) is 0 Å². The number of aliphatic hydroxyl groups excluding tert-OH is 1. The van der Waals surface area contributed by atoms with Gasteiger partial charge in [-0.3, -0.25) is 14.6 Å². The molecule has 0 spiro atoms. The van der Waals surface area contributed by atoms with Crippen LogP contribution in [-0.2, 0) is 41.6 Å². The summed E-state index contributed by atoms with van der Waals surface area (Å²) in [7, 11) is 3.65. The third kappa shape index (κ3) is 6.21. The fourth-order valence-electron chi connectivity index (χ4n) is 4.48. The van der Waals surface area contributed by atoms with E-state index < -0.39 is 29.7 Å². The van der Waals surface area contributed by atoms with E-state index in [9.17, 15) is 19.5 Å². The predicted octanol–water partition coefficient (Wildman–Crippen LogP) is 4.44. The lowest BCUT2D eigenvalue weighted by Crippen LogP contribution is -2.38. The molecule has 3 rings (SSSR count). The summed E-state index contributed by atoms with van der Waals surface area (Å²) in [6.45, 7) is -0.155. The lowest BCUT2D eigenvalue weighted by Gasteiger charge is -2.33. The van der Waals surface area contributed by atoms with Gasteiger partial charge in [0.25, 0.3) is 0 Å². The number of aliphatic hydroxyl groups is 1. The molecular weight excluding hydrogens is 521 g/mol. The smallest absolute Gasteiger partial charge is 0.336 e. The van der Waals surface area contributed by atoms with E-state index in [2.05, 4.69) is 4.99 Å². The maximum atomic E-state index is 13.2. The summed E-state index contributed by atoms with van der Waals surface area (Å²) in [6, 6.07) is 12.2. The molecule has 10 heteroatoms. The molecule has 2 aromatic rings. The molecule has 2 atom stereocenters. The number of benzene rings is 2. The Morgan fingerprint density at radius 1 is 0.892 bits per heavy atom. The number of rotatable bonds is 9. The number of ether oxygens (including phenoxy) is 3. The molecule has 8 nitrogen and oxygen atoms in total. The summed E-state index contributed by atoms with van der Waals surface area (Å²) in [4.78, 5) is 43.3. The Bertz CT molecular complexity index is 1230. The Morgan fingerprint density at radius 2 is 1.54 bits per heavy atom. The van der Waals surface area contributed by atoms with Crippen molar-refractivity contribution in [2.24, 2.45) is 10.9 Å². The van der Waals surface area contributed by atoms with Crippen LogP contribution < -0.4 is 0 Å². The van der Waals surface area contributed by atoms with Crippen LogP contribution in [0.15, 0.2) is 58.7 Å². The van der Waals surface area contributed by atoms with Gasteiger partial charge in [-0.05, 0) is 41.7 Å². The van der Waals surface area contributed by atoms with Gasteiger partial charge in [0.05, 0.1) is 45.6 Å². The number of hydrogen-bond acceptors (Lipinski definition) is 8. The highest BCUT2D eigenvalue weighted by Gasteiger charge is 2.46. The zero-order valence-electron chi connectivity index (χ0n) is 20.6. The minimum atomic E-state index is -1.19. The van der Waals surface area contributed by atoms with Crippen LogP contribution in [-0.4, -0.2) is 50.1 Å². The summed E-state index contributed by atoms with van der Waals surface area (Å²) >= 11 is 13.1. The molecule has 2 unspecified atom stereocenters. The molecule has 0 saturated heterocycles. The van der Waals surface area contributed by atoms with E-state index in [0.29, 0.717) is 17.7 Å². The molecule has 196 valence electrons. The maximum Gasteiger partial charge on any atom is 0.336 e. The third-order valence-electron chi connectivity index (χ3n) is 6.24. The number of carbonyl (C=O) groups is 3. The second kappa shape index (κ2) is 12.9. The Labute approximate surface area is 224 Å². The number of aryl methyl sites for hydroxylation is 1. The maximum absolute atomic E-state index is 13.2. The number of hydrogen-bond donors (Lipinski definition) is 1. The van der Waals surface area contributed by atoms with Gasteiger partial charge >= 0.3 is 17.9 Å². The molecule has 1 heterocycles. The fraction of sp³-hybridized carbons (Fsp3) is 0.333. The van der Waals surface area contributed by atoms with Crippen LogP contribution in [0.1, 0.15) is 35.4 Å². The van der Waals surface area contributed by atoms with Crippen molar-refractivity contribution in [1.29, 1.82) is 0 Å². The van der Waals surface area contributed by atoms with Crippen LogP contribution in [0.4, 0.5) is 0 Å². The normalized spacial score (nSPS) is 17.2. The quantitative estimate of drug-likeness (QED) is 0.365. The van der Waals surface area contributed by atoms with Gasteiger partial charge in [0.1, 0.15) is 5.92 Å². The van der Waals surface area contributed by atoms with Gasteiger partial charge in [-0.1, -0.05) is 53.5 Å². The minimum Gasteiger partial charge on any atom is -0.469 e. The number of halogens is 2. The molecule has 0 radical (unpaired) electrons. The number of aliphatic imine (C=N–C) groups is 1. The minimum absolute atomic E-state index is 0.0861. The van der Waals surface area contributed by atoms with Crippen molar-refractivity contribution < 1.29 is 33.7 Å². The molecule has 2 aromatic carbocycles. The molecule has 0 bridgehead atoms. The second-order valence-electron chi connectivity index (χ2n) is 8.25. The first-order chi connectivity index (χ1) is 17.8. The highest BCUT2D eigenvalue weighted by atomic mass is 35.5. The Hall–Kier alpha value is -3.20. The first kappa shape index (κ1) is 28.4. The number of carbonyl (C=O) groups excluding carboxylic acids is 3. The van der Waals surface area contributed by atoms with Crippen molar-refractivity contribution in [2.45, 2.75) is 31.8 Å². The van der Waals surface area contributed by atoms with Crippen LogP contribution in [0.2, 0.25) is 10.0 Å². The van der Waals surface area contributed by atoms with E-state index in [4.69, 9.17) is 37.4 Å². The van der Waals surface area contributed by atoms with Gasteiger partial charge < -0.3 is 19.3 Å². The average molecular weight is 548 g/mol. The first-order valence-corrected chi connectivity index (χ1v) is 12.2. The second-order valence-corrected chi connectivity index (χ2v) is 9.06. The van der Waals surface area contributed by atoms with Crippen LogP contribution in [0.5, 0.6) is 0 Å². The summed E-state index contributed by atoms with van der Waals surface area (Å²) in [5.74, 6) is -4.30. The van der Waals surface area contributed by atoms with Crippen molar-refractivity contribution >= 4 is 46.8 Å². The average Bonchev–Trinajstić information content (AvgIpc) is 2.90. The lowest BCUT2D eigenvalue weighted by atomic mass is 9.74. The summed E-state index contributed by atoms with van der Waals surface area (Å²) < 4.78 is 15.0. The van der Waals surface area contributed by atoms with Gasteiger partial charge in [0.15, 0.2) is 0 Å². The van der Waals surface area contributed by atoms with Crippen molar-refractivity contribution in [3.05, 3.63) is 80.5 Å². The third-order valence-corrected chi connectivity index (χ3v) is 6.90. The molecule has 0 aromatic heterocycles.